The molecule has 0 aromatic rings. The van der Waals surface area contributed by atoms with Crippen LogP contribution >= 0.6 is 0 Å². The Hall–Kier alpha value is -1.15. The van der Waals surface area contributed by atoms with Crippen molar-refractivity contribution >= 4 is 22.0 Å². The monoisotopic (exact) mass is 317 g/mol. The van der Waals surface area contributed by atoms with E-state index in [4.69, 9.17) is 0 Å². The number of imide groups is 1. The van der Waals surface area contributed by atoms with Gasteiger partial charge in [0.05, 0.1) is 5.75 Å². The van der Waals surface area contributed by atoms with Gasteiger partial charge in [0.1, 0.15) is 5.54 Å². The molecule has 2 saturated heterocycles. The van der Waals surface area contributed by atoms with Crippen molar-refractivity contribution in [2.24, 2.45) is 5.92 Å². The van der Waals surface area contributed by atoms with Gasteiger partial charge in [-0.05, 0) is 32.6 Å². The molecule has 2 rings (SSSR count). The van der Waals surface area contributed by atoms with Crippen LogP contribution in [0, 0.1) is 5.92 Å². The van der Waals surface area contributed by atoms with Crippen LogP contribution in [0.25, 0.3) is 0 Å². The summed E-state index contributed by atoms with van der Waals surface area (Å²) >= 11 is 0. The molecule has 0 saturated carbocycles. The van der Waals surface area contributed by atoms with Gasteiger partial charge in [-0.2, -0.15) is 0 Å². The summed E-state index contributed by atoms with van der Waals surface area (Å²) in [5.74, 6) is -0.242. The van der Waals surface area contributed by atoms with E-state index in [1.165, 1.54) is 4.31 Å². The first-order chi connectivity index (χ1) is 9.63. The maximum atomic E-state index is 12.3. The Morgan fingerprint density at radius 3 is 2.52 bits per heavy atom. The Morgan fingerprint density at radius 1 is 1.33 bits per heavy atom. The SMILES string of the molecule is CC1CCCN(S(=O)(=O)CCN2C(=O)NC(C)(C)C2=O)C1. The van der Waals surface area contributed by atoms with Gasteiger partial charge in [-0.1, -0.05) is 6.92 Å². The molecule has 21 heavy (non-hydrogen) atoms. The minimum Gasteiger partial charge on any atom is -0.324 e. The molecule has 3 amide bonds. The van der Waals surface area contributed by atoms with Crippen LogP contribution in [0.2, 0.25) is 0 Å². The number of amides is 3. The van der Waals surface area contributed by atoms with Gasteiger partial charge in [-0.25, -0.2) is 17.5 Å². The minimum absolute atomic E-state index is 0.0959. The summed E-state index contributed by atoms with van der Waals surface area (Å²) in [5.41, 5.74) is -0.958. The molecule has 120 valence electrons. The first-order valence-electron chi connectivity index (χ1n) is 7.25. The van der Waals surface area contributed by atoms with Gasteiger partial charge in [0, 0.05) is 19.6 Å². The number of hydrogen-bond acceptors (Lipinski definition) is 4. The zero-order chi connectivity index (χ0) is 15.8. The summed E-state index contributed by atoms with van der Waals surface area (Å²) in [6, 6.07) is -0.521. The summed E-state index contributed by atoms with van der Waals surface area (Å²) < 4.78 is 26.1. The van der Waals surface area contributed by atoms with Gasteiger partial charge < -0.3 is 5.32 Å². The predicted octanol–water partition coefficient (Wildman–Crippen LogP) is 0.379. The van der Waals surface area contributed by atoms with Crippen molar-refractivity contribution in [2.45, 2.75) is 39.2 Å². The van der Waals surface area contributed by atoms with Crippen molar-refractivity contribution in [2.75, 3.05) is 25.4 Å². The summed E-state index contributed by atoms with van der Waals surface area (Å²) in [6.07, 6.45) is 1.89. The van der Waals surface area contributed by atoms with E-state index in [0.717, 1.165) is 17.7 Å². The Kier molecular flexibility index (Phi) is 4.30. The molecule has 2 aliphatic heterocycles. The van der Waals surface area contributed by atoms with Crippen molar-refractivity contribution in [3.63, 3.8) is 0 Å². The zero-order valence-electron chi connectivity index (χ0n) is 12.8. The van der Waals surface area contributed by atoms with Gasteiger partial charge in [-0.3, -0.25) is 9.69 Å². The van der Waals surface area contributed by atoms with E-state index in [1.54, 1.807) is 13.8 Å². The molecule has 8 heteroatoms. The second-order valence-electron chi connectivity index (χ2n) is 6.43. The molecule has 0 bridgehead atoms. The average molecular weight is 317 g/mol. The van der Waals surface area contributed by atoms with Crippen molar-refractivity contribution in [3.8, 4) is 0 Å². The highest BCUT2D eigenvalue weighted by Gasteiger charge is 2.44. The molecule has 0 spiro atoms. The molecule has 2 fully saturated rings. The van der Waals surface area contributed by atoms with E-state index in [2.05, 4.69) is 5.32 Å². The van der Waals surface area contributed by atoms with Gasteiger partial charge in [0.15, 0.2) is 0 Å². The highest BCUT2D eigenvalue weighted by Crippen LogP contribution is 2.20. The Morgan fingerprint density at radius 2 is 2.00 bits per heavy atom. The van der Waals surface area contributed by atoms with E-state index in [0.29, 0.717) is 19.0 Å². The molecule has 1 atom stereocenters. The number of nitrogens with one attached hydrogen (secondary N) is 1. The summed E-state index contributed by atoms with van der Waals surface area (Å²) in [6.45, 7) is 6.19. The first kappa shape index (κ1) is 16.2. The lowest BCUT2D eigenvalue weighted by atomic mass is 10.0. The number of sulfonamides is 1. The third kappa shape index (κ3) is 3.37. The number of piperidine rings is 1. The van der Waals surface area contributed by atoms with Crippen molar-refractivity contribution < 1.29 is 18.0 Å². The van der Waals surface area contributed by atoms with Crippen LogP contribution < -0.4 is 5.32 Å². The van der Waals surface area contributed by atoms with Crippen molar-refractivity contribution in [1.29, 1.82) is 0 Å². The second kappa shape index (κ2) is 5.57. The van der Waals surface area contributed by atoms with E-state index in [1.807, 2.05) is 6.92 Å². The molecule has 1 N–H and O–H groups in total. The molecular weight excluding hydrogens is 294 g/mol. The lowest BCUT2D eigenvalue weighted by Gasteiger charge is -2.30. The van der Waals surface area contributed by atoms with Crippen LogP contribution in [0.3, 0.4) is 0 Å². The smallest absolute Gasteiger partial charge is 0.324 e. The van der Waals surface area contributed by atoms with E-state index >= 15 is 0 Å². The maximum Gasteiger partial charge on any atom is 0.325 e. The van der Waals surface area contributed by atoms with Crippen molar-refractivity contribution in [3.05, 3.63) is 0 Å². The summed E-state index contributed by atoms with van der Waals surface area (Å²) in [5, 5.41) is 2.54. The molecule has 2 heterocycles. The third-order valence-corrected chi connectivity index (χ3v) is 5.85. The average Bonchev–Trinajstić information content (AvgIpc) is 2.56. The van der Waals surface area contributed by atoms with Crippen molar-refractivity contribution in [1.82, 2.24) is 14.5 Å². The normalized spacial score (nSPS) is 27.0. The molecule has 7 nitrogen and oxygen atoms in total. The predicted molar refractivity (Wildman–Crippen MR) is 78.1 cm³/mol. The van der Waals surface area contributed by atoms with Crippen LogP contribution in [0.15, 0.2) is 0 Å². The van der Waals surface area contributed by atoms with Gasteiger partial charge >= 0.3 is 6.03 Å². The maximum absolute atomic E-state index is 12.3. The number of rotatable bonds is 4. The fraction of sp³-hybridized carbons (Fsp3) is 0.846. The van der Waals surface area contributed by atoms with Crippen LogP contribution in [-0.2, 0) is 14.8 Å². The quantitative estimate of drug-likeness (QED) is 0.759. The Balaban J connectivity index is 1.99. The zero-order valence-corrected chi connectivity index (χ0v) is 13.6. The van der Waals surface area contributed by atoms with Gasteiger partial charge in [0.2, 0.25) is 10.0 Å². The van der Waals surface area contributed by atoms with Gasteiger partial charge in [0.25, 0.3) is 5.91 Å². The molecule has 1 unspecified atom stereocenters. The van der Waals surface area contributed by atoms with Crippen LogP contribution in [-0.4, -0.2) is 60.5 Å². The lowest BCUT2D eigenvalue weighted by molar-refractivity contribution is -0.130. The topological polar surface area (TPSA) is 86.8 Å². The number of urea groups is 1. The number of nitrogens with zero attached hydrogens (tertiary/aromatic N) is 2. The van der Waals surface area contributed by atoms with Gasteiger partial charge in [-0.15, -0.1) is 0 Å². The second-order valence-corrected chi connectivity index (χ2v) is 8.52. The number of carbonyl (C=O) groups excluding carboxylic acids is 2. The molecule has 0 aromatic carbocycles. The highest BCUT2D eigenvalue weighted by atomic mass is 32.2. The van der Waals surface area contributed by atoms with Crippen LogP contribution in [0.1, 0.15) is 33.6 Å². The summed E-state index contributed by atoms with van der Waals surface area (Å²) in [4.78, 5) is 24.7. The minimum atomic E-state index is -3.43. The fourth-order valence-corrected chi connectivity index (χ4v) is 4.32. The Labute approximate surface area is 125 Å². The molecular formula is C13H23N3O4S. The Bertz CT molecular complexity index is 544. The fourth-order valence-electron chi connectivity index (χ4n) is 2.76. The highest BCUT2D eigenvalue weighted by molar-refractivity contribution is 7.89. The van der Waals surface area contributed by atoms with Crippen LogP contribution in [0.4, 0.5) is 4.79 Å². The number of carbonyl (C=O) groups is 2. The van der Waals surface area contributed by atoms with E-state index in [-0.39, 0.29) is 18.2 Å². The molecule has 2 aliphatic rings. The lowest BCUT2D eigenvalue weighted by Crippen LogP contribution is -2.44. The van der Waals surface area contributed by atoms with Crippen LogP contribution in [0.5, 0.6) is 0 Å². The van der Waals surface area contributed by atoms with E-state index < -0.39 is 21.6 Å². The standard InChI is InChI=1S/C13H23N3O4S/c1-10-5-4-6-15(9-10)21(19,20)8-7-16-11(17)13(2,3)14-12(16)18/h10H,4-9H2,1-3H3,(H,14,18). The van der Waals surface area contributed by atoms with E-state index in [9.17, 15) is 18.0 Å². The largest absolute Gasteiger partial charge is 0.325 e. The summed E-state index contributed by atoms with van der Waals surface area (Å²) in [7, 11) is -3.43. The molecule has 0 radical (unpaired) electrons. The third-order valence-electron chi connectivity index (χ3n) is 4.03. The first-order valence-corrected chi connectivity index (χ1v) is 8.86. The number of hydrogen-bond donors (Lipinski definition) is 1. The molecule has 0 aromatic heterocycles. The molecule has 0 aliphatic carbocycles.